The average molecular weight is 384 g/mol. The minimum atomic E-state index is 0.143. The molecule has 0 bridgehead atoms. The van der Waals surface area contributed by atoms with Gasteiger partial charge in [-0.1, -0.05) is 34.1 Å². The molecule has 0 amide bonds. The van der Waals surface area contributed by atoms with Gasteiger partial charge in [0.2, 0.25) is 0 Å². The third-order valence-electron chi connectivity index (χ3n) is 4.16. The Labute approximate surface area is 149 Å². The Morgan fingerprint density at radius 3 is 2.75 bits per heavy atom. The molecule has 1 aliphatic heterocycles. The monoisotopic (exact) mass is 383 g/mol. The molecule has 0 unspecified atom stereocenters. The molecule has 4 rings (SSSR count). The Kier molecular flexibility index (Phi) is 4.47. The van der Waals surface area contributed by atoms with Gasteiger partial charge in [0.25, 0.3) is 0 Å². The molecule has 1 atom stereocenters. The Balaban J connectivity index is 1.52. The molecule has 122 valence electrons. The molecule has 0 radical (unpaired) electrons. The maximum atomic E-state index is 5.78. The van der Waals surface area contributed by atoms with Crippen LogP contribution < -0.4 is 10.6 Å². The molecule has 4 nitrogen and oxygen atoms in total. The fraction of sp³-hybridized carbons (Fsp3) is 0.211. The largest absolute Gasteiger partial charge is 0.371 e. The van der Waals surface area contributed by atoms with Gasteiger partial charge >= 0.3 is 0 Å². The molecule has 2 N–H and O–H groups in total. The third kappa shape index (κ3) is 3.29. The first-order chi connectivity index (χ1) is 11.8. The second-order valence-electron chi connectivity index (χ2n) is 5.81. The highest BCUT2D eigenvalue weighted by atomic mass is 79.9. The highest BCUT2D eigenvalue weighted by Crippen LogP contribution is 2.26. The number of hydrogen-bond donors (Lipinski definition) is 2. The maximum Gasteiger partial charge on any atom is 0.131 e. The Hall–Kier alpha value is -1.95. The first-order valence-electron chi connectivity index (χ1n) is 8.04. The number of nitrogens with zero attached hydrogens (tertiary/aromatic N) is 1. The van der Waals surface area contributed by atoms with Crippen LogP contribution in [0, 0.1) is 0 Å². The number of anilines is 2. The molecular weight excluding hydrogens is 366 g/mol. The summed E-state index contributed by atoms with van der Waals surface area (Å²) in [6.07, 6.45) is 0.143. The van der Waals surface area contributed by atoms with Gasteiger partial charge in [0, 0.05) is 28.6 Å². The molecule has 3 aromatic rings. The van der Waals surface area contributed by atoms with Gasteiger partial charge in [-0.3, -0.25) is 0 Å². The predicted molar refractivity (Wildman–Crippen MR) is 101 cm³/mol. The van der Waals surface area contributed by atoms with Crippen LogP contribution in [-0.2, 0) is 4.74 Å². The van der Waals surface area contributed by atoms with E-state index in [4.69, 9.17) is 4.74 Å². The molecule has 2 heterocycles. The summed E-state index contributed by atoms with van der Waals surface area (Å²) >= 11 is 3.56. The van der Waals surface area contributed by atoms with Gasteiger partial charge < -0.3 is 15.4 Å². The Morgan fingerprint density at radius 2 is 1.96 bits per heavy atom. The predicted octanol–water partition coefficient (Wildman–Crippen LogP) is 4.40. The molecule has 24 heavy (non-hydrogen) atoms. The van der Waals surface area contributed by atoms with E-state index in [2.05, 4.69) is 61.9 Å². The number of morpholine rings is 1. The lowest BCUT2D eigenvalue weighted by Gasteiger charge is -2.24. The van der Waals surface area contributed by atoms with Crippen LogP contribution >= 0.6 is 15.9 Å². The second kappa shape index (κ2) is 6.89. The summed E-state index contributed by atoms with van der Waals surface area (Å²) in [4.78, 5) is 4.67. The molecule has 1 aliphatic rings. The van der Waals surface area contributed by atoms with E-state index in [0.29, 0.717) is 0 Å². The number of fused-ring (bicyclic) bond motifs is 1. The summed E-state index contributed by atoms with van der Waals surface area (Å²) < 4.78 is 6.84. The molecule has 1 saturated heterocycles. The second-order valence-corrected chi connectivity index (χ2v) is 6.67. The van der Waals surface area contributed by atoms with Gasteiger partial charge in [-0.2, -0.15) is 0 Å². The summed E-state index contributed by atoms with van der Waals surface area (Å²) in [6.45, 7) is 2.56. The number of pyridine rings is 1. The molecule has 0 aliphatic carbocycles. The number of halogens is 1. The highest BCUT2D eigenvalue weighted by molar-refractivity contribution is 9.10. The van der Waals surface area contributed by atoms with E-state index in [1.165, 1.54) is 5.56 Å². The molecule has 1 aromatic heterocycles. The minimum absolute atomic E-state index is 0.143. The zero-order chi connectivity index (χ0) is 16.4. The van der Waals surface area contributed by atoms with Crippen LogP contribution in [0.3, 0.4) is 0 Å². The van der Waals surface area contributed by atoms with Crippen LogP contribution in [0.15, 0.2) is 59.1 Å². The number of nitrogens with one attached hydrogen (secondary N) is 2. The van der Waals surface area contributed by atoms with Crippen molar-refractivity contribution in [1.29, 1.82) is 0 Å². The summed E-state index contributed by atoms with van der Waals surface area (Å²) in [5.74, 6) is 0.837. The third-order valence-corrected chi connectivity index (χ3v) is 4.85. The van der Waals surface area contributed by atoms with Crippen molar-refractivity contribution in [1.82, 2.24) is 10.3 Å². The van der Waals surface area contributed by atoms with Crippen LogP contribution in [0.5, 0.6) is 0 Å². The molecule has 2 aromatic carbocycles. The molecular formula is C19H18BrN3O. The van der Waals surface area contributed by atoms with Crippen molar-refractivity contribution in [3.63, 3.8) is 0 Å². The normalized spacial score (nSPS) is 17.8. The lowest BCUT2D eigenvalue weighted by Crippen LogP contribution is -2.33. The van der Waals surface area contributed by atoms with Gasteiger partial charge in [0.1, 0.15) is 5.82 Å². The van der Waals surface area contributed by atoms with Crippen LogP contribution in [0.4, 0.5) is 11.5 Å². The van der Waals surface area contributed by atoms with Crippen LogP contribution in [0.1, 0.15) is 11.7 Å². The Morgan fingerprint density at radius 1 is 1.08 bits per heavy atom. The van der Waals surface area contributed by atoms with E-state index >= 15 is 0 Å². The van der Waals surface area contributed by atoms with Crippen molar-refractivity contribution in [2.45, 2.75) is 6.10 Å². The van der Waals surface area contributed by atoms with Crippen molar-refractivity contribution >= 4 is 38.3 Å². The fourth-order valence-corrected chi connectivity index (χ4v) is 3.38. The minimum Gasteiger partial charge on any atom is -0.371 e. The summed E-state index contributed by atoms with van der Waals surface area (Å²) in [5, 5.41) is 7.83. The van der Waals surface area contributed by atoms with Gasteiger partial charge in [0.15, 0.2) is 0 Å². The van der Waals surface area contributed by atoms with Gasteiger partial charge in [0.05, 0.1) is 18.2 Å². The van der Waals surface area contributed by atoms with Crippen LogP contribution in [0.25, 0.3) is 10.9 Å². The first-order valence-corrected chi connectivity index (χ1v) is 8.83. The molecule has 0 spiro atoms. The van der Waals surface area contributed by atoms with E-state index < -0.39 is 0 Å². The van der Waals surface area contributed by atoms with Crippen LogP contribution in [0.2, 0.25) is 0 Å². The number of ether oxygens (including phenoxy) is 1. The van der Waals surface area contributed by atoms with E-state index in [1.54, 1.807) is 0 Å². The highest BCUT2D eigenvalue weighted by Gasteiger charge is 2.15. The van der Waals surface area contributed by atoms with Crippen molar-refractivity contribution in [3.8, 4) is 0 Å². The smallest absolute Gasteiger partial charge is 0.131 e. The quantitative estimate of drug-likeness (QED) is 0.703. The maximum absolute atomic E-state index is 5.78. The van der Waals surface area contributed by atoms with E-state index in [1.807, 2.05) is 24.3 Å². The number of hydrogen-bond acceptors (Lipinski definition) is 4. The van der Waals surface area contributed by atoms with Crippen molar-refractivity contribution in [3.05, 3.63) is 64.6 Å². The topological polar surface area (TPSA) is 46.2 Å². The van der Waals surface area contributed by atoms with Crippen molar-refractivity contribution in [2.75, 3.05) is 25.0 Å². The summed E-state index contributed by atoms with van der Waals surface area (Å²) in [5.41, 5.74) is 3.18. The number of rotatable bonds is 3. The zero-order valence-corrected chi connectivity index (χ0v) is 14.7. The Bertz CT molecular complexity index is 845. The lowest BCUT2D eigenvalue weighted by atomic mass is 10.1. The summed E-state index contributed by atoms with van der Waals surface area (Å²) in [7, 11) is 0. The van der Waals surface area contributed by atoms with E-state index in [0.717, 1.165) is 46.6 Å². The average Bonchev–Trinajstić information content (AvgIpc) is 2.63. The van der Waals surface area contributed by atoms with Crippen molar-refractivity contribution in [2.24, 2.45) is 0 Å². The zero-order valence-electron chi connectivity index (χ0n) is 13.1. The standard InChI is InChI=1S/C19H18BrN3O/c20-16-2-1-3-17-15(16)8-9-19(23-17)22-14-6-4-13(5-7-14)18-12-21-10-11-24-18/h1-9,18,21H,10-12H2,(H,22,23)/t18-/m1/s1. The molecule has 1 fully saturated rings. The fourth-order valence-electron chi connectivity index (χ4n) is 2.90. The lowest BCUT2D eigenvalue weighted by molar-refractivity contribution is 0.0277. The van der Waals surface area contributed by atoms with Crippen LogP contribution in [-0.4, -0.2) is 24.7 Å². The number of aromatic nitrogens is 1. The van der Waals surface area contributed by atoms with Gasteiger partial charge in [-0.15, -0.1) is 0 Å². The van der Waals surface area contributed by atoms with E-state index in [9.17, 15) is 0 Å². The summed E-state index contributed by atoms with van der Waals surface area (Å²) in [6, 6.07) is 18.5. The number of benzene rings is 2. The SMILES string of the molecule is Brc1cccc2nc(Nc3ccc([C@H]4CNCCO4)cc3)ccc12. The van der Waals surface area contributed by atoms with Gasteiger partial charge in [-0.25, -0.2) is 4.98 Å². The molecule has 5 heteroatoms. The molecule has 0 saturated carbocycles. The van der Waals surface area contributed by atoms with Crippen molar-refractivity contribution < 1.29 is 4.74 Å². The van der Waals surface area contributed by atoms with Gasteiger partial charge in [-0.05, 0) is 42.0 Å². The first kappa shape index (κ1) is 15.6. The van der Waals surface area contributed by atoms with E-state index in [-0.39, 0.29) is 6.10 Å².